The quantitative estimate of drug-likeness (QED) is 0.441. The molecular weight excluding hydrogens is 432 g/mol. The van der Waals surface area contributed by atoms with E-state index in [4.69, 9.17) is 4.74 Å². The summed E-state index contributed by atoms with van der Waals surface area (Å²) in [5, 5.41) is 2.81. The summed E-state index contributed by atoms with van der Waals surface area (Å²) in [5.74, 6) is -1.75. The van der Waals surface area contributed by atoms with Crippen LogP contribution in [0.5, 0.6) is 0 Å². The van der Waals surface area contributed by atoms with Crippen LogP contribution in [0, 0.1) is 13.8 Å². The Bertz CT molecular complexity index is 1240. The molecule has 0 spiro atoms. The number of carbonyl (C=O) groups excluding carboxylic acids is 4. The van der Waals surface area contributed by atoms with Gasteiger partial charge < -0.3 is 10.1 Å². The molecule has 1 aliphatic heterocycles. The molecule has 3 aromatic rings. The first-order valence-electron chi connectivity index (χ1n) is 10.9. The average molecular weight is 456 g/mol. The van der Waals surface area contributed by atoms with E-state index in [1.165, 1.54) is 11.8 Å². The van der Waals surface area contributed by atoms with E-state index in [-0.39, 0.29) is 23.9 Å². The lowest BCUT2D eigenvalue weighted by Crippen LogP contribution is -2.30. The van der Waals surface area contributed by atoms with E-state index in [1.54, 1.807) is 48.5 Å². The van der Waals surface area contributed by atoms with Crippen molar-refractivity contribution in [1.82, 2.24) is 4.90 Å². The van der Waals surface area contributed by atoms with Crippen LogP contribution in [-0.4, -0.2) is 34.7 Å². The third-order valence-electron chi connectivity index (χ3n) is 5.79. The molecule has 1 atom stereocenters. The summed E-state index contributed by atoms with van der Waals surface area (Å²) >= 11 is 0. The van der Waals surface area contributed by atoms with Gasteiger partial charge in [-0.15, -0.1) is 0 Å². The third kappa shape index (κ3) is 4.45. The fourth-order valence-electron chi connectivity index (χ4n) is 3.83. The Morgan fingerprint density at radius 1 is 0.853 bits per heavy atom. The maximum Gasteiger partial charge on any atom is 0.338 e. The number of rotatable bonds is 6. The highest BCUT2D eigenvalue weighted by Gasteiger charge is 2.35. The number of anilines is 1. The first kappa shape index (κ1) is 22.9. The first-order chi connectivity index (χ1) is 16.3. The molecule has 172 valence electrons. The van der Waals surface area contributed by atoms with E-state index in [9.17, 15) is 19.2 Å². The second-order valence-electron chi connectivity index (χ2n) is 8.24. The van der Waals surface area contributed by atoms with Gasteiger partial charge >= 0.3 is 5.97 Å². The van der Waals surface area contributed by atoms with E-state index in [1.807, 2.05) is 32.0 Å². The molecule has 3 amide bonds. The van der Waals surface area contributed by atoms with Crippen LogP contribution < -0.4 is 5.32 Å². The van der Waals surface area contributed by atoms with Gasteiger partial charge in [-0.25, -0.2) is 4.79 Å². The lowest BCUT2D eigenvalue weighted by Gasteiger charge is -2.16. The molecule has 1 heterocycles. The van der Waals surface area contributed by atoms with Gasteiger partial charge in [0.2, 0.25) is 0 Å². The van der Waals surface area contributed by atoms with Crippen molar-refractivity contribution < 1.29 is 23.9 Å². The number of para-hydroxylation sites is 1. The minimum absolute atomic E-state index is 0.0935. The van der Waals surface area contributed by atoms with Crippen molar-refractivity contribution in [2.75, 3.05) is 5.32 Å². The summed E-state index contributed by atoms with van der Waals surface area (Å²) in [5.41, 5.74) is 4.26. The number of hydrogen-bond acceptors (Lipinski definition) is 5. The highest BCUT2D eigenvalue weighted by Crippen LogP contribution is 2.24. The van der Waals surface area contributed by atoms with Gasteiger partial charge in [0.1, 0.15) is 0 Å². The van der Waals surface area contributed by atoms with Crippen molar-refractivity contribution in [3.05, 3.63) is 100 Å². The Labute approximate surface area is 197 Å². The number of carbonyl (C=O) groups is 4. The van der Waals surface area contributed by atoms with Gasteiger partial charge in [0.05, 0.1) is 23.2 Å². The molecule has 1 N–H and O–H groups in total. The summed E-state index contributed by atoms with van der Waals surface area (Å²) in [6, 6.07) is 18.8. The van der Waals surface area contributed by atoms with Crippen LogP contribution in [0.15, 0.2) is 66.7 Å². The van der Waals surface area contributed by atoms with Crippen LogP contribution in [0.1, 0.15) is 54.7 Å². The van der Waals surface area contributed by atoms with Gasteiger partial charge in [0.25, 0.3) is 17.7 Å². The van der Waals surface area contributed by atoms with Gasteiger partial charge in [0, 0.05) is 5.69 Å². The molecule has 0 fully saturated rings. The predicted octanol–water partition coefficient (Wildman–Crippen LogP) is 4.28. The Kier molecular flexibility index (Phi) is 6.27. The van der Waals surface area contributed by atoms with Gasteiger partial charge in [0.15, 0.2) is 6.10 Å². The van der Waals surface area contributed by atoms with Gasteiger partial charge in [-0.05, 0) is 61.7 Å². The minimum Gasteiger partial charge on any atom is -0.449 e. The van der Waals surface area contributed by atoms with Crippen LogP contribution in [0.25, 0.3) is 0 Å². The van der Waals surface area contributed by atoms with Crippen LogP contribution in [0.2, 0.25) is 0 Å². The summed E-state index contributed by atoms with van der Waals surface area (Å²) in [6.07, 6.45) is -0.996. The van der Waals surface area contributed by atoms with E-state index >= 15 is 0 Å². The summed E-state index contributed by atoms with van der Waals surface area (Å²) in [7, 11) is 0. The SMILES string of the molecule is Cc1cccc(C)c1NC(=O)C(C)OC(=O)c1ccc(CN2C(=O)c3ccccc3C2=O)cc1. The molecule has 0 aliphatic carbocycles. The zero-order valence-electron chi connectivity index (χ0n) is 19.1. The highest BCUT2D eigenvalue weighted by molar-refractivity contribution is 6.21. The van der Waals surface area contributed by atoms with Crippen molar-refractivity contribution >= 4 is 29.4 Å². The van der Waals surface area contributed by atoms with Crippen molar-refractivity contribution in [1.29, 1.82) is 0 Å². The number of ether oxygens (including phenoxy) is 1. The van der Waals surface area contributed by atoms with E-state index in [0.29, 0.717) is 22.4 Å². The lowest BCUT2D eigenvalue weighted by molar-refractivity contribution is -0.123. The Morgan fingerprint density at radius 2 is 1.41 bits per heavy atom. The Hall–Kier alpha value is -4.26. The molecule has 7 nitrogen and oxygen atoms in total. The van der Waals surface area contributed by atoms with Crippen molar-refractivity contribution in [3.8, 4) is 0 Å². The topological polar surface area (TPSA) is 92.8 Å². The molecule has 0 aromatic heterocycles. The van der Waals surface area contributed by atoms with Gasteiger partial charge in [-0.1, -0.05) is 42.5 Å². The maximum atomic E-state index is 12.5. The third-order valence-corrected chi connectivity index (χ3v) is 5.79. The molecule has 1 unspecified atom stereocenters. The molecular formula is C27H24N2O5. The highest BCUT2D eigenvalue weighted by atomic mass is 16.5. The number of hydrogen-bond donors (Lipinski definition) is 1. The number of nitrogens with one attached hydrogen (secondary N) is 1. The van der Waals surface area contributed by atoms with Crippen LogP contribution >= 0.6 is 0 Å². The predicted molar refractivity (Wildman–Crippen MR) is 127 cm³/mol. The lowest BCUT2D eigenvalue weighted by atomic mass is 10.1. The zero-order chi connectivity index (χ0) is 24.4. The second kappa shape index (κ2) is 9.31. The van der Waals surface area contributed by atoms with Crippen LogP contribution in [0.4, 0.5) is 5.69 Å². The molecule has 0 radical (unpaired) electrons. The number of esters is 1. The number of fused-ring (bicyclic) bond motifs is 1. The molecule has 4 rings (SSSR count). The number of nitrogens with zero attached hydrogens (tertiary/aromatic N) is 1. The normalized spacial score (nSPS) is 13.4. The zero-order valence-corrected chi connectivity index (χ0v) is 19.1. The smallest absolute Gasteiger partial charge is 0.338 e. The number of benzene rings is 3. The molecule has 3 aromatic carbocycles. The largest absolute Gasteiger partial charge is 0.449 e. The minimum atomic E-state index is -0.996. The van der Waals surface area contributed by atoms with Crippen molar-refractivity contribution in [3.63, 3.8) is 0 Å². The Morgan fingerprint density at radius 3 is 1.97 bits per heavy atom. The number of imide groups is 1. The van der Waals surface area contributed by atoms with Crippen LogP contribution in [0.3, 0.4) is 0 Å². The molecule has 0 saturated heterocycles. The maximum absolute atomic E-state index is 12.5. The number of aryl methyl sites for hydroxylation is 2. The fraction of sp³-hybridized carbons (Fsp3) is 0.185. The summed E-state index contributed by atoms with van der Waals surface area (Å²) in [4.78, 5) is 51.3. The second-order valence-corrected chi connectivity index (χ2v) is 8.24. The summed E-state index contributed by atoms with van der Waals surface area (Å²) in [6.45, 7) is 5.39. The van der Waals surface area contributed by atoms with E-state index < -0.39 is 18.0 Å². The fourth-order valence-corrected chi connectivity index (χ4v) is 3.83. The molecule has 1 aliphatic rings. The standard InChI is InChI=1S/C27H24N2O5/c1-16-7-6-8-17(2)23(16)28-24(30)18(3)34-27(33)20-13-11-19(12-14-20)15-29-25(31)21-9-4-5-10-22(21)26(29)32/h4-14,18H,15H2,1-3H3,(H,28,30). The monoisotopic (exact) mass is 456 g/mol. The molecule has 0 bridgehead atoms. The van der Waals surface area contributed by atoms with Gasteiger partial charge in [-0.2, -0.15) is 0 Å². The van der Waals surface area contributed by atoms with Crippen LogP contribution in [-0.2, 0) is 16.1 Å². The summed E-state index contributed by atoms with van der Waals surface area (Å²) < 4.78 is 5.33. The molecule has 7 heteroatoms. The first-order valence-corrected chi connectivity index (χ1v) is 10.9. The van der Waals surface area contributed by atoms with Crippen molar-refractivity contribution in [2.24, 2.45) is 0 Å². The van der Waals surface area contributed by atoms with Crippen molar-refractivity contribution in [2.45, 2.75) is 33.4 Å². The molecule has 34 heavy (non-hydrogen) atoms. The van der Waals surface area contributed by atoms with E-state index in [0.717, 1.165) is 11.1 Å². The van der Waals surface area contributed by atoms with E-state index in [2.05, 4.69) is 5.32 Å². The van der Waals surface area contributed by atoms with Gasteiger partial charge in [-0.3, -0.25) is 19.3 Å². The number of amides is 3. The Balaban J connectivity index is 1.37. The molecule has 0 saturated carbocycles. The average Bonchev–Trinajstić information content (AvgIpc) is 3.06.